The fraction of sp³-hybridized carbons (Fsp3) is 0.957. The van der Waals surface area contributed by atoms with Crippen LogP contribution in [0.2, 0.25) is 0 Å². The molecule has 0 saturated heterocycles. The van der Waals surface area contributed by atoms with Crippen LogP contribution in [0.5, 0.6) is 0 Å². The summed E-state index contributed by atoms with van der Waals surface area (Å²) in [6, 6.07) is 0. The van der Waals surface area contributed by atoms with E-state index in [-0.39, 0.29) is 0 Å². The Balaban J connectivity index is 1.55. The minimum atomic E-state index is 0.309. The van der Waals surface area contributed by atoms with E-state index in [1.54, 1.807) is 0 Å². The van der Waals surface area contributed by atoms with Crippen LogP contribution in [-0.2, 0) is 9.53 Å². The maximum atomic E-state index is 12.2. The van der Waals surface area contributed by atoms with Crippen molar-refractivity contribution < 1.29 is 9.53 Å². The van der Waals surface area contributed by atoms with Gasteiger partial charge >= 0.3 is 0 Å². The molecule has 0 aromatic heterocycles. The lowest BCUT2D eigenvalue weighted by Crippen LogP contribution is -2.54. The Morgan fingerprint density at radius 3 is 2.40 bits per heavy atom. The zero-order chi connectivity index (χ0) is 17.8. The highest BCUT2D eigenvalue weighted by atomic mass is 16.5. The summed E-state index contributed by atoms with van der Waals surface area (Å²) in [4.78, 5) is 12.2. The third-order valence-corrected chi connectivity index (χ3v) is 9.67. The lowest BCUT2D eigenvalue weighted by Gasteiger charge is -2.61. The molecule has 0 bridgehead atoms. The van der Waals surface area contributed by atoms with Gasteiger partial charge in [0.05, 0.1) is 0 Å². The average Bonchev–Trinajstić information content (AvgIpc) is 2.93. The minimum Gasteiger partial charge on any atom is -0.384 e. The SMILES string of the molecule is COCC1CC[C@@]2(C)[C@@H](CC[C@@H]3[C@@H]2CC[C@]2(C)[C@@H](C(C)=O)CC[C@@H]32)C1. The molecule has 4 rings (SSSR count). The van der Waals surface area contributed by atoms with Gasteiger partial charge in [0.25, 0.3) is 0 Å². The van der Waals surface area contributed by atoms with Crippen molar-refractivity contribution >= 4 is 5.78 Å². The smallest absolute Gasteiger partial charge is 0.133 e. The van der Waals surface area contributed by atoms with Gasteiger partial charge in [0.15, 0.2) is 0 Å². The van der Waals surface area contributed by atoms with E-state index in [0.717, 1.165) is 42.6 Å². The summed E-state index contributed by atoms with van der Waals surface area (Å²) in [5.41, 5.74) is 0.867. The minimum absolute atomic E-state index is 0.309. The van der Waals surface area contributed by atoms with E-state index in [0.29, 0.717) is 22.5 Å². The Morgan fingerprint density at radius 1 is 0.960 bits per heavy atom. The summed E-state index contributed by atoms with van der Waals surface area (Å²) in [5, 5.41) is 0. The van der Waals surface area contributed by atoms with Crippen LogP contribution in [0.4, 0.5) is 0 Å². The topological polar surface area (TPSA) is 26.3 Å². The van der Waals surface area contributed by atoms with E-state index in [9.17, 15) is 4.79 Å². The first-order valence-electron chi connectivity index (χ1n) is 10.9. The normalized spacial score (nSPS) is 52.2. The zero-order valence-corrected chi connectivity index (χ0v) is 16.9. The predicted molar refractivity (Wildman–Crippen MR) is 101 cm³/mol. The summed E-state index contributed by atoms with van der Waals surface area (Å²) in [5.74, 6) is 5.14. The molecule has 2 heteroatoms. The number of ketones is 1. The highest BCUT2D eigenvalue weighted by Crippen LogP contribution is 2.67. The molecule has 0 spiro atoms. The number of hydrogen-bond acceptors (Lipinski definition) is 2. The lowest BCUT2D eigenvalue weighted by atomic mass is 9.44. The van der Waals surface area contributed by atoms with Crippen molar-refractivity contribution in [2.75, 3.05) is 13.7 Å². The van der Waals surface area contributed by atoms with Crippen molar-refractivity contribution in [2.24, 2.45) is 46.3 Å². The fourth-order valence-electron chi connectivity index (χ4n) is 8.40. The van der Waals surface area contributed by atoms with Crippen molar-refractivity contribution in [3.63, 3.8) is 0 Å². The van der Waals surface area contributed by atoms with Crippen molar-refractivity contribution in [1.29, 1.82) is 0 Å². The van der Waals surface area contributed by atoms with Crippen LogP contribution in [0.25, 0.3) is 0 Å². The third-order valence-electron chi connectivity index (χ3n) is 9.67. The first-order valence-corrected chi connectivity index (χ1v) is 10.9. The molecule has 0 heterocycles. The number of rotatable bonds is 3. The molecule has 4 fully saturated rings. The second-order valence-corrected chi connectivity index (χ2v) is 10.5. The summed E-state index contributed by atoms with van der Waals surface area (Å²) in [6.07, 6.45) is 12.2. The Labute approximate surface area is 154 Å². The van der Waals surface area contributed by atoms with E-state index in [1.165, 1.54) is 51.4 Å². The van der Waals surface area contributed by atoms with Crippen LogP contribution in [0, 0.1) is 46.3 Å². The van der Waals surface area contributed by atoms with Gasteiger partial charge in [0.1, 0.15) is 5.78 Å². The largest absolute Gasteiger partial charge is 0.384 e. The average molecular weight is 347 g/mol. The first kappa shape index (κ1) is 18.0. The molecule has 8 atom stereocenters. The number of carbonyl (C=O) groups is 1. The number of Topliss-reactive ketones (excluding diaryl/α,β-unsaturated/α-hetero) is 1. The molecule has 0 amide bonds. The Kier molecular flexibility index (Phi) is 4.58. The van der Waals surface area contributed by atoms with E-state index in [2.05, 4.69) is 13.8 Å². The third kappa shape index (κ3) is 2.65. The molecule has 25 heavy (non-hydrogen) atoms. The second-order valence-electron chi connectivity index (χ2n) is 10.5. The molecule has 0 aromatic carbocycles. The number of hydrogen-bond donors (Lipinski definition) is 0. The molecule has 4 saturated carbocycles. The van der Waals surface area contributed by atoms with Crippen molar-refractivity contribution in [1.82, 2.24) is 0 Å². The number of ether oxygens (including phenoxy) is 1. The van der Waals surface area contributed by atoms with E-state index < -0.39 is 0 Å². The first-order chi connectivity index (χ1) is 11.9. The van der Waals surface area contributed by atoms with Gasteiger partial charge in [-0.1, -0.05) is 13.8 Å². The summed E-state index contributed by atoms with van der Waals surface area (Å²) >= 11 is 0. The monoisotopic (exact) mass is 346 g/mol. The maximum Gasteiger partial charge on any atom is 0.133 e. The predicted octanol–water partition coefficient (Wildman–Crippen LogP) is 5.50. The molecule has 4 aliphatic rings. The molecule has 1 unspecified atom stereocenters. The van der Waals surface area contributed by atoms with Crippen molar-refractivity contribution in [3.05, 3.63) is 0 Å². The number of fused-ring (bicyclic) bond motifs is 5. The molecular formula is C23H38O2. The van der Waals surface area contributed by atoms with Gasteiger partial charge in [-0.15, -0.1) is 0 Å². The Hall–Kier alpha value is -0.370. The van der Waals surface area contributed by atoms with Crippen molar-refractivity contribution in [3.8, 4) is 0 Å². The summed E-state index contributed by atoms with van der Waals surface area (Å²) in [6.45, 7) is 7.91. The van der Waals surface area contributed by atoms with Crippen LogP contribution in [-0.4, -0.2) is 19.5 Å². The van der Waals surface area contributed by atoms with E-state index >= 15 is 0 Å². The van der Waals surface area contributed by atoms with E-state index in [4.69, 9.17) is 4.74 Å². The zero-order valence-electron chi connectivity index (χ0n) is 16.9. The van der Waals surface area contributed by atoms with Crippen LogP contribution >= 0.6 is 0 Å². The Morgan fingerprint density at radius 2 is 1.68 bits per heavy atom. The van der Waals surface area contributed by atoms with Crippen LogP contribution < -0.4 is 0 Å². The number of carbonyl (C=O) groups excluding carboxylic acids is 1. The highest BCUT2D eigenvalue weighted by molar-refractivity contribution is 5.79. The van der Waals surface area contributed by atoms with Gasteiger partial charge in [0, 0.05) is 19.6 Å². The van der Waals surface area contributed by atoms with Gasteiger partial charge in [-0.2, -0.15) is 0 Å². The molecule has 4 aliphatic carbocycles. The standard InChI is InChI=1S/C23H38O2/c1-15(24)19-7-8-20-18-6-5-17-13-16(14-25-4)9-11-22(17,2)21(18)10-12-23(19,20)3/h16-21H,5-14H2,1-4H3/t16?,17-,18-,19+,20-,21-,22-,23+/m0/s1. The lowest BCUT2D eigenvalue weighted by molar-refractivity contribution is -0.136. The van der Waals surface area contributed by atoms with Gasteiger partial charge in [-0.25, -0.2) is 0 Å². The van der Waals surface area contributed by atoms with Crippen LogP contribution in [0.1, 0.15) is 78.6 Å². The molecule has 0 radical (unpaired) electrons. The van der Waals surface area contributed by atoms with Crippen LogP contribution in [0.15, 0.2) is 0 Å². The molecule has 0 aromatic rings. The Bertz CT molecular complexity index is 528. The molecular weight excluding hydrogens is 308 g/mol. The second kappa shape index (κ2) is 6.36. The van der Waals surface area contributed by atoms with Gasteiger partial charge < -0.3 is 4.74 Å². The van der Waals surface area contributed by atoms with Crippen molar-refractivity contribution in [2.45, 2.75) is 78.6 Å². The molecule has 0 N–H and O–H groups in total. The fourth-order valence-corrected chi connectivity index (χ4v) is 8.40. The molecule has 0 aliphatic heterocycles. The summed E-state index contributed by atoms with van der Waals surface area (Å²) < 4.78 is 5.47. The molecule has 2 nitrogen and oxygen atoms in total. The summed E-state index contributed by atoms with van der Waals surface area (Å²) in [7, 11) is 1.86. The molecule has 142 valence electrons. The highest BCUT2D eigenvalue weighted by Gasteiger charge is 2.60. The quantitative estimate of drug-likeness (QED) is 0.675. The van der Waals surface area contributed by atoms with Gasteiger partial charge in [0.2, 0.25) is 0 Å². The number of methoxy groups -OCH3 is 1. The van der Waals surface area contributed by atoms with Crippen LogP contribution in [0.3, 0.4) is 0 Å². The van der Waals surface area contributed by atoms with E-state index in [1.807, 2.05) is 14.0 Å². The maximum absolute atomic E-state index is 12.2. The van der Waals surface area contributed by atoms with Gasteiger partial charge in [-0.05, 0) is 105 Å². The van der Waals surface area contributed by atoms with Gasteiger partial charge in [-0.3, -0.25) is 4.79 Å².